The molecule has 3 rings (SSSR count). The van der Waals surface area contributed by atoms with Gasteiger partial charge < -0.3 is 15.9 Å². The van der Waals surface area contributed by atoms with Crippen molar-refractivity contribution in [3.63, 3.8) is 0 Å². The molecule has 0 radical (unpaired) electrons. The lowest BCUT2D eigenvalue weighted by Gasteiger charge is -2.20. The molecule has 2 aromatic rings. The molecule has 1 fully saturated rings. The molecular formula is C19H25N5O3S. The lowest BCUT2D eigenvalue weighted by molar-refractivity contribution is -0.113. The van der Waals surface area contributed by atoms with E-state index in [0.29, 0.717) is 28.9 Å². The number of thioether (sulfide) groups is 1. The maximum atomic E-state index is 12.3. The van der Waals surface area contributed by atoms with Crippen LogP contribution < -0.4 is 11.2 Å². The van der Waals surface area contributed by atoms with E-state index >= 15 is 0 Å². The van der Waals surface area contributed by atoms with Gasteiger partial charge in [0.15, 0.2) is 5.82 Å². The number of hydrogen-bond acceptors (Lipinski definition) is 7. The van der Waals surface area contributed by atoms with E-state index in [0.717, 1.165) is 18.7 Å². The number of hydrogen-bond donors (Lipinski definition) is 2. The summed E-state index contributed by atoms with van der Waals surface area (Å²) in [6.07, 6.45) is 5.80. The van der Waals surface area contributed by atoms with Crippen molar-refractivity contribution in [3.8, 4) is 0 Å². The fraction of sp³-hybridized carbons (Fsp3) is 0.474. The molecule has 0 spiro atoms. The number of amides is 1. The number of carbonyl (C=O) groups is 2. The smallest absolute Gasteiger partial charge is 0.338 e. The summed E-state index contributed by atoms with van der Waals surface area (Å²) in [5.74, 6) is 6.80. The van der Waals surface area contributed by atoms with E-state index in [1.54, 1.807) is 31.2 Å². The van der Waals surface area contributed by atoms with E-state index in [-0.39, 0.29) is 11.7 Å². The van der Waals surface area contributed by atoms with Crippen molar-refractivity contribution < 1.29 is 14.3 Å². The number of rotatable bonds is 7. The lowest BCUT2D eigenvalue weighted by atomic mass is 9.89. The minimum absolute atomic E-state index is 0.142. The van der Waals surface area contributed by atoms with Crippen molar-refractivity contribution >= 4 is 29.3 Å². The fourth-order valence-electron chi connectivity index (χ4n) is 3.29. The van der Waals surface area contributed by atoms with Crippen LogP contribution in [0.2, 0.25) is 0 Å². The summed E-state index contributed by atoms with van der Waals surface area (Å²) in [7, 11) is 0. The zero-order chi connectivity index (χ0) is 19.9. The monoisotopic (exact) mass is 403 g/mol. The molecule has 1 aliphatic carbocycles. The Kier molecular flexibility index (Phi) is 6.91. The maximum Gasteiger partial charge on any atom is 0.338 e. The van der Waals surface area contributed by atoms with Crippen LogP contribution in [-0.4, -0.2) is 39.1 Å². The summed E-state index contributed by atoms with van der Waals surface area (Å²) in [6, 6.07) is 6.65. The second kappa shape index (κ2) is 9.59. The van der Waals surface area contributed by atoms with Gasteiger partial charge in [0.05, 0.1) is 17.9 Å². The summed E-state index contributed by atoms with van der Waals surface area (Å²) in [5.41, 5.74) is 0.930. The molecule has 1 amide bonds. The molecule has 8 nitrogen and oxygen atoms in total. The number of esters is 1. The molecule has 1 aromatic carbocycles. The van der Waals surface area contributed by atoms with Crippen molar-refractivity contribution in [1.29, 1.82) is 0 Å². The average Bonchev–Trinajstić information content (AvgIpc) is 3.08. The molecule has 3 N–H and O–H groups in total. The van der Waals surface area contributed by atoms with Crippen molar-refractivity contribution in [1.82, 2.24) is 14.9 Å². The topological polar surface area (TPSA) is 112 Å². The second-order valence-corrected chi connectivity index (χ2v) is 7.63. The van der Waals surface area contributed by atoms with Crippen LogP contribution in [0.4, 0.5) is 5.69 Å². The van der Waals surface area contributed by atoms with Gasteiger partial charge >= 0.3 is 5.97 Å². The first-order chi connectivity index (χ1) is 13.6. The Hall–Kier alpha value is -2.55. The first kappa shape index (κ1) is 20.2. The number of ether oxygens (including phenoxy) is 1. The predicted molar refractivity (Wildman–Crippen MR) is 108 cm³/mol. The average molecular weight is 404 g/mol. The number of anilines is 1. The zero-order valence-electron chi connectivity index (χ0n) is 15.9. The van der Waals surface area contributed by atoms with Crippen LogP contribution in [0.15, 0.2) is 29.4 Å². The molecule has 0 atom stereocenters. The van der Waals surface area contributed by atoms with Crippen LogP contribution in [0, 0.1) is 0 Å². The van der Waals surface area contributed by atoms with Crippen molar-refractivity contribution in [2.75, 3.05) is 23.5 Å². The Bertz CT molecular complexity index is 833. The van der Waals surface area contributed by atoms with Crippen molar-refractivity contribution in [2.24, 2.45) is 0 Å². The van der Waals surface area contributed by atoms with Crippen LogP contribution in [0.1, 0.15) is 61.1 Å². The van der Waals surface area contributed by atoms with Crippen LogP contribution >= 0.6 is 11.8 Å². The van der Waals surface area contributed by atoms with Crippen LogP contribution in [0.3, 0.4) is 0 Å². The van der Waals surface area contributed by atoms with E-state index in [1.807, 2.05) is 0 Å². The van der Waals surface area contributed by atoms with E-state index in [4.69, 9.17) is 10.6 Å². The number of aromatic nitrogens is 3. The summed E-state index contributed by atoms with van der Waals surface area (Å²) in [5, 5.41) is 11.7. The fourth-order valence-corrected chi connectivity index (χ4v) is 3.95. The Balaban J connectivity index is 1.55. The summed E-state index contributed by atoms with van der Waals surface area (Å²) in [4.78, 5) is 24.1. The standard InChI is InChI=1S/C19H25N5O3S/c1-2-27-18(26)14-9-6-10-15(11-14)21-16(25)12-28-19-23-22-17(24(19)20)13-7-4-3-5-8-13/h6,9-11,13H,2-5,7-8,12,20H2,1H3,(H,21,25). The third-order valence-electron chi connectivity index (χ3n) is 4.65. The molecule has 1 saturated carbocycles. The molecule has 0 bridgehead atoms. The Morgan fingerprint density at radius 3 is 2.82 bits per heavy atom. The molecule has 28 heavy (non-hydrogen) atoms. The van der Waals surface area contributed by atoms with Gasteiger partial charge in [0.1, 0.15) is 0 Å². The Labute approximate surface area is 168 Å². The molecule has 9 heteroatoms. The quantitative estimate of drug-likeness (QED) is 0.415. The van der Waals surface area contributed by atoms with Crippen LogP contribution in [0.5, 0.6) is 0 Å². The normalized spacial score (nSPS) is 14.6. The number of nitrogens with one attached hydrogen (secondary N) is 1. The van der Waals surface area contributed by atoms with Gasteiger partial charge in [-0.2, -0.15) is 0 Å². The van der Waals surface area contributed by atoms with Gasteiger partial charge in [0.25, 0.3) is 0 Å². The maximum absolute atomic E-state index is 12.3. The molecule has 1 aromatic heterocycles. The van der Waals surface area contributed by atoms with Crippen LogP contribution in [0.25, 0.3) is 0 Å². The molecule has 150 valence electrons. The minimum Gasteiger partial charge on any atom is -0.462 e. The highest BCUT2D eigenvalue weighted by atomic mass is 32.2. The summed E-state index contributed by atoms with van der Waals surface area (Å²) < 4.78 is 6.48. The number of carbonyl (C=O) groups excluding carboxylic acids is 2. The van der Waals surface area contributed by atoms with E-state index in [2.05, 4.69) is 15.5 Å². The summed E-state index contributed by atoms with van der Waals surface area (Å²) in [6.45, 7) is 2.05. The highest BCUT2D eigenvalue weighted by Crippen LogP contribution is 2.32. The predicted octanol–water partition coefficient (Wildman–Crippen LogP) is 2.95. The molecule has 1 aliphatic rings. The van der Waals surface area contributed by atoms with E-state index in [9.17, 15) is 9.59 Å². The van der Waals surface area contributed by atoms with Crippen molar-refractivity contribution in [2.45, 2.75) is 50.1 Å². The SMILES string of the molecule is CCOC(=O)c1cccc(NC(=O)CSc2nnc(C3CCCCC3)n2N)c1. The van der Waals surface area contributed by atoms with Gasteiger partial charge in [-0.05, 0) is 38.0 Å². The highest BCUT2D eigenvalue weighted by Gasteiger charge is 2.22. The largest absolute Gasteiger partial charge is 0.462 e. The minimum atomic E-state index is -0.417. The third-order valence-corrected chi connectivity index (χ3v) is 5.59. The lowest BCUT2D eigenvalue weighted by Crippen LogP contribution is -2.20. The third kappa shape index (κ3) is 5.03. The van der Waals surface area contributed by atoms with Gasteiger partial charge in [-0.1, -0.05) is 37.1 Å². The summed E-state index contributed by atoms with van der Waals surface area (Å²) >= 11 is 1.24. The van der Waals surface area contributed by atoms with Gasteiger partial charge in [0, 0.05) is 11.6 Å². The zero-order valence-corrected chi connectivity index (χ0v) is 16.7. The number of nitrogens with two attached hydrogens (primary N) is 1. The van der Waals surface area contributed by atoms with Crippen molar-refractivity contribution in [3.05, 3.63) is 35.7 Å². The first-order valence-corrected chi connectivity index (χ1v) is 10.5. The Morgan fingerprint density at radius 1 is 1.29 bits per heavy atom. The molecule has 0 unspecified atom stereocenters. The number of nitrogens with zero attached hydrogens (tertiary/aromatic N) is 3. The second-order valence-electron chi connectivity index (χ2n) is 6.68. The molecule has 0 aliphatic heterocycles. The van der Waals surface area contributed by atoms with E-state index in [1.165, 1.54) is 35.7 Å². The van der Waals surface area contributed by atoms with Gasteiger partial charge in [0.2, 0.25) is 11.1 Å². The van der Waals surface area contributed by atoms with Gasteiger partial charge in [-0.15, -0.1) is 10.2 Å². The molecular weight excluding hydrogens is 378 g/mol. The van der Waals surface area contributed by atoms with E-state index < -0.39 is 5.97 Å². The molecule has 0 saturated heterocycles. The molecule has 1 heterocycles. The first-order valence-electron chi connectivity index (χ1n) is 9.48. The number of benzene rings is 1. The van der Waals surface area contributed by atoms with Crippen LogP contribution in [-0.2, 0) is 9.53 Å². The van der Waals surface area contributed by atoms with Gasteiger partial charge in [-0.3, -0.25) is 4.79 Å². The number of nitrogen functional groups attached to an aromatic ring is 1. The Morgan fingerprint density at radius 2 is 2.07 bits per heavy atom. The van der Waals surface area contributed by atoms with Gasteiger partial charge in [-0.25, -0.2) is 9.47 Å². The highest BCUT2D eigenvalue weighted by molar-refractivity contribution is 7.99.